The maximum absolute atomic E-state index is 12.6. The van der Waals surface area contributed by atoms with Gasteiger partial charge in [-0.1, -0.05) is 42.5 Å². The van der Waals surface area contributed by atoms with Gasteiger partial charge in [-0.3, -0.25) is 4.79 Å². The second-order valence-corrected chi connectivity index (χ2v) is 10.1. The van der Waals surface area contributed by atoms with Crippen LogP contribution in [0.15, 0.2) is 60.7 Å². The summed E-state index contributed by atoms with van der Waals surface area (Å²) >= 11 is 0. The lowest BCUT2D eigenvalue weighted by molar-refractivity contribution is -0.893. The van der Waals surface area contributed by atoms with Crippen LogP contribution in [-0.4, -0.2) is 73.4 Å². The van der Waals surface area contributed by atoms with Gasteiger partial charge in [0.2, 0.25) is 0 Å². The summed E-state index contributed by atoms with van der Waals surface area (Å²) in [6.07, 6.45) is 2.27. The van der Waals surface area contributed by atoms with Gasteiger partial charge < -0.3 is 19.2 Å². The standard InChI is InChI=1S/C29H34N3O3/c1-32(2,16-13-22-9-10-23-7-3-4-8-24(23)17-22)20-27(33)21-35-28-12-11-25(18-26(28)19-30)29(34)31-14-5-6-15-31/h3-4,7-12,17-18,27,33H,5-6,13-16,20-21H2,1-2H3/q+1/t27-/m1/s1. The molecule has 3 aromatic carbocycles. The summed E-state index contributed by atoms with van der Waals surface area (Å²) in [5, 5.41) is 22.7. The first-order valence-corrected chi connectivity index (χ1v) is 12.3. The quantitative estimate of drug-likeness (QED) is 0.478. The number of carbonyl (C=O) groups is 1. The van der Waals surface area contributed by atoms with Crippen molar-refractivity contribution in [3.63, 3.8) is 0 Å². The molecular formula is C29H34N3O3+. The Morgan fingerprint density at radius 2 is 1.83 bits per heavy atom. The van der Waals surface area contributed by atoms with Crippen LogP contribution >= 0.6 is 0 Å². The average Bonchev–Trinajstić information content (AvgIpc) is 3.40. The molecule has 1 aliphatic rings. The first-order valence-electron chi connectivity index (χ1n) is 12.3. The van der Waals surface area contributed by atoms with Gasteiger partial charge in [0.25, 0.3) is 5.91 Å². The Hall–Kier alpha value is -3.40. The summed E-state index contributed by atoms with van der Waals surface area (Å²) in [6, 6.07) is 22.0. The first kappa shape index (κ1) is 24.7. The van der Waals surface area contributed by atoms with E-state index in [1.54, 1.807) is 18.2 Å². The number of amides is 1. The predicted octanol–water partition coefficient (Wildman–Crippen LogP) is 4.01. The van der Waals surface area contributed by atoms with Gasteiger partial charge in [-0.15, -0.1) is 0 Å². The molecule has 1 amide bonds. The zero-order valence-electron chi connectivity index (χ0n) is 20.6. The molecule has 3 aromatic rings. The highest BCUT2D eigenvalue weighted by molar-refractivity contribution is 5.95. The Bertz CT molecular complexity index is 1230. The van der Waals surface area contributed by atoms with Gasteiger partial charge in [0.05, 0.1) is 26.2 Å². The van der Waals surface area contributed by atoms with Crippen LogP contribution in [0.1, 0.15) is 34.3 Å². The number of benzene rings is 3. The highest BCUT2D eigenvalue weighted by Crippen LogP contribution is 2.22. The van der Waals surface area contributed by atoms with Crippen molar-refractivity contribution < 1.29 is 19.1 Å². The number of hydrogen-bond acceptors (Lipinski definition) is 4. The summed E-state index contributed by atoms with van der Waals surface area (Å²) in [6.45, 7) is 3.03. The molecule has 0 spiro atoms. The number of carbonyl (C=O) groups excluding carboxylic acids is 1. The molecule has 6 heteroatoms. The molecule has 1 aliphatic heterocycles. The van der Waals surface area contributed by atoms with Crippen molar-refractivity contribution in [1.29, 1.82) is 5.26 Å². The van der Waals surface area contributed by atoms with Crippen LogP contribution in [0.3, 0.4) is 0 Å². The molecule has 35 heavy (non-hydrogen) atoms. The van der Waals surface area contributed by atoms with Gasteiger partial charge in [-0.05, 0) is 47.4 Å². The molecule has 0 saturated carbocycles. The van der Waals surface area contributed by atoms with Crippen LogP contribution in [0.5, 0.6) is 5.75 Å². The van der Waals surface area contributed by atoms with Gasteiger partial charge in [-0.2, -0.15) is 5.26 Å². The first-order chi connectivity index (χ1) is 16.8. The molecule has 0 aromatic heterocycles. The number of nitriles is 1. The number of hydrogen-bond donors (Lipinski definition) is 1. The summed E-state index contributed by atoms with van der Waals surface area (Å²) in [5.74, 6) is 0.349. The van der Waals surface area contributed by atoms with E-state index in [0.717, 1.165) is 38.9 Å². The van der Waals surface area contributed by atoms with E-state index in [4.69, 9.17) is 4.74 Å². The average molecular weight is 473 g/mol. The molecule has 6 nitrogen and oxygen atoms in total. The number of quaternary nitrogens is 1. The number of aliphatic hydroxyl groups is 1. The third-order valence-electron chi connectivity index (χ3n) is 6.70. The molecule has 1 heterocycles. The summed E-state index contributed by atoms with van der Waals surface area (Å²) < 4.78 is 6.44. The highest BCUT2D eigenvalue weighted by Gasteiger charge is 2.23. The zero-order chi connectivity index (χ0) is 24.8. The van der Waals surface area contributed by atoms with E-state index >= 15 is 0 Å². The van der Waals surface area contributed by atoms with Gasteiger partial charge >= 0.3 is 0 Å². The van der Waals surface area contributed by atoms with Crippen LogP contribution in [0.4, 0.5) is 0 Å². The number of fused-ring (bicyclic) bond motifs is 1. The van der Waals surface area contributed by atoms with E-state index in [1.165, 1.54) is 16.3 Å². The molecule has 0 aliphatic carbocycles. The van der Waals surface area contributed by atoms with E-state index < -0.39 is 6.10 Å². The lowest BCUT2D eigenvalue weighted by atomic mass is 10.0. The number of rotatable bonds is 9. The van der Waals surface area contributed by atoms with Crippen LogP contribution in [-0.2, 0) is 6.42 Å². The normalized spacial score (nSPS) is 14.6. The van der Waals surface area contributed by atoms with E-state index in [9.17, 15) is 15.2 Å². The van der Waals surface area contributed by atoms with Crippen molar-refractivity contribution in [3.05, 3.63) is 77.4 Å². The fraction of sp³-hybridized carbons (Fsp3) is 0.379. The lowest BCUT2D eigenvalue weighted by Gasteiger charge is -2.32. The molecule has 0 radical (unpaired) electrons. The Morgan fingerprint density at radius 3 is 2.57 bits per heavy atom. The Balaban J connectivity index is 1.30. The molecular weight excluding hydrogens is 438 g/mol. The largest absolute Gasteiger partial charge is 0.489 e. The van der Waals surface area contributed by atoms with Crippen LogP contribution in [0.25, 0.3) is 10.8 Å². The maximum Gasteiger partial charge on any atom is 0.253 e. The van der Waals surface area contributed by atoms with E-state index in [1.807, 2.05) is 11.0 Å². The minimum atomic E-state index is -0.681. The van der Waals surface area contributed by atoms with E-state index in [-0.39, 0.29) is 12.5 Å². The Kier molecular flexibility index (Phi) is 7.70. The molecule has 1 fully saturated rings. The second-order valence-electron chi connectivity index (χ2n) is 10.1. The van der Waals surface area contributed by atoms with Gasteiger partial charge in [-0.25, -0.2) is 0 Å². The van der Waals surface area contributed by atoms with Crippen LogP contribution < -0.4 is 4.74 Å². The van der Waals surface area contributed by atoms with Gasteiger partial charge in [0, 0.05) is 25.1 Å². The van der Waals surface area contributed by atoms with Crippen molar-refractivity contribution in [2.24, 2.45) is 0 Å². The fourth-order valence-corrected chi connectivity index (χ4v) is 4.71. The lowest BCUT2D eigenvalue weighted by Crippen LogP contribution is -2.48. The number of ether oxygens (including phenoxy) is 1. The minimum Gasteiger partial charge on any atom is -0.489 e. The second kappa shape index (κ2) is 10.9. The number of aliphatic hydroxyl groups excluding tert-OH is 1. The summed E-state index contributed by atoms with van der Waals surface area (Å²) in [5.41, 5.74) is 2.10. The van der Waals surface area contributed by atoms with Crippen LogP contribution in [0, 0.1) is 11.3 Å². The maximum atomic E-state index is 12.6. The number of likely N-dealkylation sites (tertiary alicyclic amines) is 1. The minimum absolute atomic E-state index is 0.0453. The molecule has 1 N–H and O–H groups in total. The molecule has 1 saturated heterocycles. The van der Waals surface area contributed by atoms with E-state index in [0.29, 0.717) is 27.9 Å². The summed E-state index contributed by atoms with van der Waals surface area (Å²) in [4.78, 5) is 14.4. The third-order valence-corrected chi connectivity index (χ3v) is 6.70. The molecule has 0 unspecified atom stereocenters. The molecule has 0 bridgehead atoms. The van der Waals surface area contributed by atoms with Crippen LogP contribution in [0.2, 0.25) is 0 Å². The van der Waals surface area contributed by atoms with Crippen molar-refractivity contribution in [2.75, 3.05) is 46.9 Å². The molecule has 4 rings (SSSR count). The number of nitrogens with zero attached hydrogens (tertiary/aromatic N) is 3. The third kappa shape index (κ3) is 6.39. The Morgan fingerprint density at radius 1 is 1.09 bits per heavy atom. The zero-order valence-corrected chi connectivity index (χ0v) is 20.6. The van der Waals surface area contributed by atoms with E-state index in [2.05, 4.69) is 56.6 Å². The van der Waals surface area contributed by atoms with Crippen molar-refractivity contribution in [3.8, 4) is 11.8 Å². The van der Waals surface area contributed by atoms with Crippen molar-refractivity contribution >= 4 is 16.7 Å². The summed E-state index contributed by atoms with van der Waals surface area (Å²) in [7, 11) is 4.20. The fourth-order valence-electron chi connectivity index (χ4n) is 4.71. The van der Waals surface area contributed by atoms with Crippen molar-refractivity contribution in [2.45, 2.75) is 25.4 Å². The number of likely N-dealkylation sites (N-methyl/N-ethyl adjacent to an activating group) is 1. The van der Waals surface area contributed by atoms with Gasteiger partial charge in [0.1, 0.15) is 31.1 Å². The smallest absolute Gasteiger partial charge is 0.253 e. The SMILES string of the molecule is C[N+](C)(CCc1ccc2ccccc2c1)C[C@@H](O)COc1ccc(C(=O)N2CCCC2)cc1C#N. The molecule has 1 atom stereocenters. The van der Waals surface area contributed by atoms with Gasteiger partial charge in [0.15, 0.2) is 0 Å². The Labute approximate surface area is 207 Å². The van der Waals surface area contributed by atoms with Crippen molar-refractivity contribution in [1.82, 2.24) is 4.90 Å². The topological polar surface area (TPSA) is 73.6 Å². The predicted molar refractivity (Wildman–Crippen MR) is 137 cm³/mol. The highest BCUT2D eigenvalue weighted by atomic mass is 16.5. The molecule has 182 valence electrons. The monoisotopic (exact) mass is 472 g/mol.